The summed E-state index contributed by atoms with van der Waals surface area (Å²) in [7, 11) is 4.66. The number of nitrogens with zero attached hydrogens (tertiary/aromatic N) is 5. The van der Waals surface area contributed by atoms with E-state index in [-0.39, 0.29) is 36.3 Å². The van der Waals surface area contributed by atoms with Gasteiger partial charge in [0.1, 0.15) is 17.7 Å². The van der Waals surface area contributed by atoms with Crippen molar-refractivity contribution in [3.05, 3.63) is 65.9 Å². The van der Waals surface area contributed by atoms with Gasteiger partial charge in [0.15, 0.2) is 16.2 Å². The van der Waals surface area contributed by atoms with Gasteiger partial charge >= 0.3 is 0 Å². The van der Waals surface area contributed by atoms with Gasteiger partial charge < -0.3 is 24.6 Å². The van der Waals surface area contributed by atoms with Crippen molar-refractivity contribution in [1.82, 2.24) is 24.2 Å². The molecule has 0 radical (unpaired) electrons. The number of hydrogen-bond acceptors (Lipinski definition) is 7. The number of ketones is 1. The van der Waals surface area contributed by atoms with Crippen molar-refractivity contribution >= 4 is 69.4 Å². The van der Waals surface area contributed by atoms with Crippen molar-refractivity contribution in [3.63, 3.8) is 0 Å². The Balaban J connectivity index is 1.33. The van der Waals surface area contributed by atoms with Gasteiger partial charge in [-0.2, -0.15) is 0 Å². The molecule has 0 aliphatic carbocycles. The Morgan fingerprint density at radius 2 is 1.68 bits per heavy atom. The quantitative estimate of drug-likeness (QED) is 0.266. The summed E-state index contributed by atoms with van der Waals surface area (Å²) < 4.78 is 2.13. The lowest BCUT2D eigenvalue weighted by atomic mass is 9.86. The van der Waals surface area contributed by atoms with Crippen molar-refractivity contribution in [3.8, 4) is 0 Å². The lowest BCUT2D eigenvalue weighted by molar-refractivity contribution is -0.162. The van der Waals surface area contributed by atoms with E-state index in [1.165, 1.54) is 35.7 Å². The molecular formula is C31H29ClN6O5S. The van der Waals surface area contributed by atoms with Crippen molar-refractivity contribution in [1.29, 1.82) is 0 Å². The molecule has 1 spiro atoms. The number of benzene rings is 2. The van der Waals surface area contributed by atoms with E-state index in [4.69, 9.17) is 11.6 Å². The zero-order valence-corrected chi connectivity index (χ0v) is 26.0. The minimum Gasteiger partial charge on any atom is -0.363 e. The first-order valence-electron chi connectivity index (χ1n) is 14.4. The van der Waals surface area contributed by atoms with Crippen LogP contribution in [0.3, 0.4) is 0 Å². The molecule has 0 saturated carbocycles. The van der Waals surface area contributed by atoms with Gasteiger partial charge in [0.05, 0.1) is 0 Å². The molecule has 6 atom stereocenters. The van der Waals surface area contributed by atoms with E-state index in [1.807, 2.05) is 54.7 Å². The molecule has 2 aromatic carbocycles. The fraction of sp³-hybridized carbons (Fsp3) is 0.387. The molecular weight excluding hydrogens is 604 g/mol. The molecule has 3 aromatic rings. The number of likely N-dealkylation sites (N-methyl/N-ethyl adjacent to an activating group) is 3. The van der Waals surface area contributed by atoms with Crippen LogP contribution in [-0.4, -0.2) is 102 Å². The molecule has 6 heterocycles. The number of para-hydroxylation sites is 2. The van der Waals surface area contributed by atoms with Crippen LogP contribution in [0.5, 0.6) is 0 Å². The summed E-state index contributed by atoms with van der Waals surface area (Å²) in [6.07, 6.45) is 1.82. The van der Waals surface area contributed by atoms with Gasteiger partial charge in [-0.25, -0.2) is 0 Å². The number of alkyl halides is 1. The molecule has 2 bridgehead atoms. The standard InChI is InChI=1S/C31H29ClN6O5S/c1-16(39)31-28(43)38-26-29(19-10-6-7-11-20(19)33-26,15-30(38,44-31)27(42)36(31)4)37-14-17(18-9-5-8-12-21(18)37)13-22-24(40)35(3)23(32)25(41)34(22)2/h5-12,14,22-23,26,33H,13,15H2,1-4H3/t22-,23+,26-,29+,30+,31-/m1/s1. The molecule has 8 rings (SSSR count). The first-order chi connectivity index (χ1) is 20.9. The molecule has 4 fully saturated rings. The van der Waals surface area contributed by atoms with Crippen LogP contribution in [0.15, 0.2) is 54.7 Å². The molecule has 11 nitrogen and oxygen atoms in total. The summed E-state index contributed by atoms with van der Waals surface area (Å²) in [5.74, 6) is -1.64. The van der Waals surface area contributed by atoms with Gasteiger partial charge in [0, 0.05) is 62.3 Å². The smallest absolute Gasteiger partial charge is 0.270 e. The highest BCUT2D eigenvalue weighted by Crippen LogP contribution is 2.69. The molecule has 13 heteroatoms. The third kappa shape index (κ3) is 2.89. The van der Waals surface area contributed by atoms with Crippen LogP contribution < -0.4 is 5.32 Å². The predicted molar refractivity (Wildman–Crippen MR) is 164 cm³/mol. The van der Waals surface area contributed by atoms with Crippen LogP contribution in [0.1, 0.15) is 24.5 Å². The Hall–Kier alpha value is -4.03. The van der Waals surface area contributed by atoms with E-state index in [2.05, 4.69) is 9.88 Å². The molecule has 0 unspecified atom stereocenters. The number of rotatable bonds is 4. The van der Waals surface area contributed by atoms with Gasteiger partial charge in [-0.3, -0.25) is 28.9 Å². The van der Waals surface area contributed by atoms with Gasteiger partial charge in [-0.1, -0.05) is 59.8 Å². The van der Waals surface area contributed by atoms with Gasteiger partial charge in [-0.15, -0.1) is 0 Å². The number of piperazine rings is 2. The maximum Gasteiger partial charge on any atom is 0.270 e. The number of Topliss-reactive ketones (excluding diaryl/α,β-unsaturated/α-hetero) is 1. The summed E-state index contributed by atoms with van der Waals surface area (Å²) in [4.78, 5) is 70.3. The van der Waals surface area contributed by atoms with E-state index >= 15 is 0 Å². The maximum atomic E-state index is 14.3. The van der Waals surface area contributed by atoms with Gasteiger partial charge in [0.2, 0.25) is 10.8 Å². The normalized spacial score (nSPS) is 33.8. The fourth-order valence-corrected chi connectivity index (χ4v) is 10.3. The lowest BCUT2D eigenvalue weighted by Crippen LogP contribution is -2.66. The summed E-state index contributed by atoms with van der Waals surface area (Å²) in [5, 5.41) is 4.45. The summed E-state index contributed by atoms with van der Waals surface area (Å²) in [5.41, 5.74) is 1.49. The minimum atomic E-state index is -1.59. The van der Waals surface area contributed by atoms with E-state index in [9.17, 15) is 24.0 Å². The second kappa shape index (κ2) is 8.57. The van der Waals surface area contributed by atoms with Crippen LogP contribution in [0, 0.1) is 0 Å². The Kier molecular flexibility index (Phi) is 5.36. The third-order valence-corrected chi connectivity index (χ3v) is 12.7. The van der Waals surface area contributed by atoms with Crippen molar-refractivity contribution in [2.75, 3.05) is 26.5 Å². The number of anilines is 1. The van der Waals surface area contributed by atoms with Gasteiger partial charge in [0.25, 0.3) is 17.7 Å². The highest BCUT2D eigenvalue weighted by molar-refractivity contribution is 8.05. The van der Waals surface area contributed by atoms with E-state index in [1.54, 1.807) is 11.9 Å². The second-order valence-electron chi connectivity index (χ2n) is 12.3. The van der Waals surface area contributed by atoms with E-state index < -0.39 is 38.9 Å². The Labute approximate surface area is 262 Å². The number of amides is 4. The number of fused-ring (bicyclic) bond motifs is 6. The highest BCUT2D eigenvalue weighted by Gasteiger charge is 2.83. The zero-order valence-electron chi connectivity index (χ0n) is 24.4. The molecule has 1 aromatic heterocycles. The number of halogens is 1. The SMILES string of the molecule is CC(=O)[C@@]12S[C@@]3(C[C@]4(n5cc(C[C@@H]6C(=O)N(C)[C@H](Cl)C(=O)N6C)c6ccccc65)c5ccccc5N[C@@H]4N3C1=O)C(=O)N2C. The van der Waals surface area contributed by atoms with E-state index in [0.717, 1.165) is 39.5 Å². The highest BCUT2D eigenvalue weighted by atomic mass is 35.5. The topological polar surface area (TPSA) is 115 Å². The fourth-order valence-electron chi connectivity index (χ4n) is 8.17. The predicted octanol–water partition coefficient (Wildman–Crippen LogP) is 1.98. The summed E-state index contributed by atoms with van der Waals surface area (Å²) >= 11 is 7.36. The van der Waals surface area contributed by atoms with Crippen LogP contribution in [0.25, 0.3) is 10.9 Å². The lowest BCUT2D eigenvalue weighted by Gasteiger charge is -2.40. The molecule has 5 aliphatic rings. The molecule has 4 saturated heterocycles. The number of aromatic nitrogens is 1. The number of carbonyl (C=O) groups is 5. The molecule has 226 valence electrons. The first-order valence-corrected chi connectivity index (χ1v) is 15.6. The number of nitrogens with one attached hydrogen (secondary N) is 1. The zero-order chi connectivity index (χ0) is 31.1. The number of carbonyl (C=O) groups excluding carboxylic acids is 5. The summed E-state index contributed by atoms with van der Waals surface area (Å²) in [6.45, 7) is 1.36. The average molecular weight is 633 g/mol. The van der Waals surface area contributed by atoms with Crippen molar-refractivity contribution in [2.45, 2.75) is 52.8 Å². The summed E-state index contributed by atoms with van der Waals surface area (Å²) in [6, 6.07) is 14.9. The Morgan fingerprint density at radius 1 is 0.977 bits per heavy atom. The molecule has 4 amide bonds. The Bertz CT molecular complexity index is 1880. The number of thioether (sulfide) groups is 1. The largest absolute Gasteiger partial charge is 0.363 e. The third-order valence-electron chi connectivity index (χ3n) is 10.3. The maximum absolute atomic E-state index is 14.3. The van der Waals surface area contributed by atoms with Crippen molar-refractivity contribution in [2.24, 2.45) is 0 Å². The average Bonchev–Trinajstić information content (AvgIpc) is 3.74. The monoisotopic (exact) mass is 632 g/mol. The molecule has 1 N–H and O–H groups in total. The first kappa shape index (κ1) is 27.5. The minimum absolute atomic E-state index is 0.235. The second-order valence-corrected chi connectivity index (χ2v) is 14.2. The number of hydrogen-bond donors (Lipinski definition) is 1. The molecule has 5 aliphatic heterocycles. The molecule has 44 heavy (non-hydrogen) atoms. The Morgan fingerprint density at radius 3 is 2.43 bits per heavy atom. The van der Waals surface area contributed by atoms with Crippen LogP contribution >= 0.6 is 23.4 Å². The van der Waals surface area contributed by atoms with E-state index in [0.29, 0.717) is 0 Å². The van der Waals surface area contributed by atoms with Crippen LogP contribution in [0.2, 0.25) is 0 Å². The van der Waals surface area contributed by atoms with Crippen LogP contribution in [0.4, 0.5) is 5.69 Å². The van der Waals surface area contributed by atoms with Gasteiger partial charge in [-0.05, 0) is 24.6 Å². The van der Waals surface area contributed by atoms with Crippen LogP contribution in [-0.2, 0) is 35.9 Å². The van der Waals surface area contributed by atoms with Crippen molar-refractivity contribution < 1.29 is 24.0 Å².